The zero-order valence-electron chi connectivity index (χ0n) is 12.5. The molecule has 0 spiro atoms. The highest BCUT2D eigenvalue weighted by molar-refractivity contribution is 5.78. The highest BCUT2D eigenvalue weighted by Gasteiger charge is 2.27. The number of amides is 1. The zero-order chi connectivity index (χ0) is 13.5. The van der Waals surface area contributed by atoms with E-state index in [0.29, 0.717) is 11.9 Å². The molecule has 106 valence electrons. The molecule has 0 saturated heterocycles. The predicted molar refractivity (Wildman–Crippen MR) is 76.5 cm³/mol. The molecule has 0 aliphatic heterocycles. The number of rotatable bonds is 6. The SMILES string of the molecule is CNC1CCC(C(=O)N(C)CCCC(C)C)CC1. The zero-order valence-corrected chi connectivity index (χ0v) is 12.5. The molecule has 0 unspecified atom stereocenters. The van der Waals surface area contributed by atoms with Gasteiger partial charge in [0.15, 0.2) is 0 Å². The second-order valence-electron chi connectivity index (χ2n) is 6.13. The first-order valence-corrected chi connectivity index (χ1v) is 7.46. The maximum Gasteiger partial charge on any atom is 0.225 e. The van der Waals surface area contributed by atoms with Crippen molar-refractivity contribution in [1.29, 1.82) is 0 Å². The summed E-state index contributed by atoms with van der Waals surface area (Å²) in [6.45, 7) is 5.39. The second kappa shape index (κ2) is 7.78. The van der Waals surface area contributed by atoms with Gasteiger partial charge in [0.2, 0.25) is 5.91 Å². The van der Waals surface area contributed by atoms with Crippen molar-refractivity contribution in [2.75, 3.05) is 20.6 Å². The molecule has 0 heterocycles. The number of nitrogens with zero attached hydrogens (tertiary/aromatic N) is 1. The fourth-order valence-electron chi connectivity index (χ4n) is 2.79. The smallest absolute Gasteiger partial charge is 0.225 e. The number of nitrogens with one attached hydrogen (secondary N) is 1. The van der Waals surface area contributed by atoms with Crippen molar-refractivity contribution in [3.63, 3.8) is 0 Å². The van der Waals surface area contributed by atoms with Crippen molar-refractivity contribution in [3.05, 3.63) is 0 Å². The Morgan fingerprint density at radius 3 is 2.39 bits per heavy atom. The molecular formula is C15H30N2O. The van der Waals surface area contributed by atoms with Gasteiger partial charge in [-0.2, -0.15) is 0 Å². The standard InChI is InChI=1S/C15H30N2O/c1-12(2)6-5-11-17(4)15(18)13-7-9-14(16-3)10-8-13/h12-14,16H,5-11H2,1-4H3. The molecule has 1 saturated carbocycles. The average molecular weight is 254 g/mol. The minimum absolute atomic E-state index is 0.277. The van der Waals surface area contributed by atoms with Gasteiger partial charge in [-0.05, 0) is 51.5 Å². The van der Waals surface area contributed by atoms with Crippen LogP contribution >= 0.6 is 0 Å². The molecule has 1 rings (SSSR count). The van der Waals surface area contributed by atoms with Crippen molar-refractivity contribution >= 4 is 5.91 Å². The van der Waals surface area contributed by atoms with Crippen LogP contribution in [0.5, 0.6) is 0 Å². The molecule has 1 aliphatic carbocycles. The number of hydrogen-bond acceptors (Lipinski definition) is 2. The van der Waals surface area contributed by atoms with Crippen LogP contribution in [0.15, 0.2) is 0 Å². The second-order valence-corrected chi connectivity index (χ2v) is 6.13. The quantitative estimate of drug-likeness (QED) is 0.790. The summed E-state index contributed by atoms with van der Waals surface area (Å²) in [6.07, 6.45) is 6.74. The van der Waals surface area contributed by atoms with E-state index in [1.807, 2.05) is 19.0 Å². The van der Waals surface area contributed by atoms with Crippen molar-refractivity contribution in [2.24, 2.45) is 11.8 Å². The highest BCUT2D eigenvalue weighted by Crippen LogP contribution is 2.25. The molecule has 1 amide bonds. The summed E-state index contributed by atoms with van der Waals surface area (Å²) < 4.78 is 0. The third-order valence-electron chi connectivity index (χ3n) is 4.14. The molecule has 0 aromatic carbocycles. The third-order valence-corrected chi connectivity index (χ3v) is 4.14. The molecule has 0 bridgehead atoms. The minimum Gasteiger partial charge on any atom is -0.346 e. The van der Waals surface area contributed by atoms with Crippen LogP contribution in [-0.2, 0) is 4.79 Å². The fraction of sp³-hybridized carbons (Fsp3) is 0.933. The maximum atomic E-state index is 12.3. The Morgan fingerprint density at radius 2 is 1.89 bits per heavy atom. The largest absolute Gasteiger partial charge is 0.346 e. The summed E-state index contributed by atoms with van der Waals surface area (Å²) in [5.74, 6) is 1.38. The van der Waals surface area contributed by atoms with Gasteiger partial charge in [-0.3, -0.25) is 4.79 Å². The van der Waals surface area contributed by atoms with E-state index in [0.717, 1.165) is 44.6 Å². The molecule has 3 heteroatoms. The van der Waals surface area contributed by atoms with Gasteiger partial charge in [0.05, 0.1) is 0 Å². The lowest BCUT2D eigenvalue weighted by Gasteiger charge is -2.30. The predicted octanol–water partition coefficient (Wildman–Crippen LogP) is 2.66. The summed E-state index contributed by atoms with van der Waals surface area (Å²) >= 11 is 0. The molecule has 0 aromatic heterocycles. The molecule has 0 aromatic rings. The summed E-state index contributed by atoms with van der Waals surface area (Å²) in [6, 6.07) is 0.625. The van der Waals surface area contributed by atoms with Gasteiger partial charge in [0.1, 0.15) is 0 Å². The molecule has 18 heavy (non-hydrogen) atoms. The Kier molecular flexibility index (Phi) is 6.69. The molecule has 1 aliphatic rings. The first kappa shape index (κ1) is 15.5. The topological polar surface area (TPSA) is 32.3 Å². The first-order valence-electron chi connectivity index (χ1n) is 7.46. The Balaban J connectivity index is 2.26. The minimum atomic E-state index is 0.277. The number of hydrogen-bond donors (Lipinski definition) is 1. The number of carbonyl (C=O) groups excluding carboxylic acids is 1. The van der Waals surface area contributed by atoms with Crippen LogP contribution in [0.3, 0.4) is 0 Å². The van der Waals surface area contributed by atoms with Gasteiger partial charge in [0.25, 0.3) is 0 Å². The Bertz CT molecular complexity index is 245. The summed E-state index contributed by atoms with van der Waals surface area (Å²) in [5, 5.41) is 3.31. The van der Waals surface area contributed by atoms with E-state index in [2.05, 4.69) is 19.2 Å². The molecular weight excluding hydrogens is 224 g/mol. The lowest BCUT2D eigenvalue weighted by molar-refractivity contribution is -0.135. The Morgan fingerprint density at radius 1 is 1.28 bits per heavy atom. The van der Waals surface area contributed by atoms with Crippen molar-refractivity contribution in [3.8, 4) is 0 Å². The Hall–Kier alpha value is -0.570. The van der Waals surface area contributed by atoms with Crippen LogP contribution in [0.4, 0.5) is 0 Å². The van der Waals surface area contributed by atoms with Gasteiger partial charge in [-0.1, -0.05) is 13.8 Å². The van der Waals surface area contributed by atoms with Gasteiger partial charge >= 0.3 is 0 Å². The molecule has 1 N–H and O–H groups in total. The van der Waals surface area contributed by atoms with Crippen LogP contribution in [0.2, 0.25) is 0 Å². The van der Waals surface area contributed by atoms with Crippen molar-refractivity contribution < 1.29 is 4.79 Å². The molecule has 0 radical (unpaired) electrons. The maximum absolute atomic E-state index is 12.3. The Labute approximate surface area is 112 Å². The lowest BCUT2D eigenvalue weighted by Crippen LogP contribution is -2.38. The average Bonchev–Trinajstić information content (AvgIpc) is 2.37. The van der Waals surface area contributed by atoms with E-state index in [-0.39, 0.29) is 5.92 Å². The van der Waals surface area contributed by atoms with Crippen LogP contribution in [0.25, 0.3) is 0 Å². The van der Waals surface area contributed by atoms with Crippen LogP contribution in [0, 0.1) is 11.8 Å². The van der Waals surface area contributed by atoms with E-state index in [4.69, 9.17) is 0 Å². The monoisotopic (exact) mass is 254 g/mol. The first-order chi connectivity index (χ1) is 8.54. The molecule has 3 nitrogen and oxygen atoms in total. The van der Waals surface area contributed by atoms with Crippen LogP contribution < -0.4 is 5.32 Å². The fourth-order valence-corrected chi connectivity index (χ4v) is 2.79. The molecule has 0 atom stereocenters. The van der Waals surface area contributed by atoms with Gasteiger partial charge in [-0.25, -0.2) is 0 Å². The van der Waals surface area contributed by atoms with Gasteiger partial charge in [0, 0.05) is 25.6 Å². The summed E-state index contributed by atoms with van der Waals surface area (Å²) in [4.78, 5) is 14.2. The highest BCUT2D eigenvalue weighted by atomic mass is 16.2. The lowest BCUT2D eigenvalue weighted by atomic mass is 9.85. The van der Waals surface area contributed by atoms with Crippen molar-refractivity contribution in [1.82, 2.24) is 10.2 Å². The third kappa shape index (κ3) is 4.97. The van der Waals surface area contributed by atoms with Crippen LogP contribution in [0.1, 0.15) is 52.4 Å². The normalized spacial score (nSPS) is 24.3. The van der Waals surface area contributed by atoms with Gasteiger partial charge in [-0.15, -0.1) is 0 Å². The van der Waals surface area contributed by atoms with Gasteiger partial charge < -0.3 is 10.2 Å². The summed E-state index contributed by atoms with van der Waals surface area (Å²) in [7, 11) is 3.98. The van der Waals surface area contributed by atoms with E-state index in [1.165, 1.54) is 6.42 Å². The van der Waals surface area contributed by atoms with Crippen LogP contribution in [-0.4, -0.2) is 37.5 Å². The van der Waals surface area contributed by atoms with E-state index < -0.39 is 0 Å². The van der Waals surface area contributed by atoms with E-state index in [1.54, 1.807) is 0 Å². The van der Waals surface area contributed by atoms with Crippen molar-refractivity contribution in [2.45, 2.75) is 58.4 Å². The van der Waals surface area contributed by atoms with E-state index in [9.17, 15) is 4.79 Å². The molecule has 1 fully saturated rings. The van der Waals surface area contributed by atoms with E-state index >= 15 is 0 Å². The number of carbonyl (C=O) groups is 1. The summed E-state index contributed by atoms with van der Waals surface area (Å²) in [5.41, 5.74) is 0.